The average molecular weight is 279 g/mol. The standard InChI is InChI=1S/C17H13NO3/c1-4-13(19-9-1)12-18-14(16-5-2-10-20-16)7-8-15(18)17-6-3-11-21-17/h1-11H,12H2. The molecule has 0 saturated carbocycles. The molecule has 0 amide bonds. The zero-order chi connectivity index (χ0) is 14.1. The largest absolute Gasteiger partial charge is 0.467 e. The van der Waals surface area contributed by atoms with Gasteiger partial charge in [-0.05, 0) is 48.5 Å². The van der Waals surface area contributed by atoms with Crippen molar-refractivity contribution in [1.29, 1.82) is 0 Å². The first-order chi connectivity index (χ1) is 10.4. The van der Waals surface area contributed by atoms with E-state index in [0.29, 0.717) is 6.54 Å². The molecule has 4 heteroatoms. The minimum atomic E-state index is 0.617. The maximum absolute atomic E-state index is 5.53. The maximum Gasteiger partial charge on any atom is 0.150 e. The molecule has 4 heterocycles. The Morgan fingerprint density at radius 3 is 1.71 bits per heavy atom. The molecule has 0 aliphatic rings. The van der Waals surface area contributed by atoms with Gasteiger partial charge in [-0.3, -0.25) is 0 Å². The van der Waals surface area contributed by atoms with Crippen LogP contribution in [0, 0.1) is 0 Å². The first-order valence-corrected chi connectivity index (χ1v) is 6.71. The molecule has 0 radical (unpaired) electrons. The lowest BCUT2D eigenvalue weighted by Crippen LogP contribution is -2.02. The van der Waals surface area contributed by atoms with E-state index in [1.54, 1.807) is 18.8 Å². The van der Waals surface area contributed by atoms with Crippen molar-refractivity contribution in [3.8, 4) is 22.9 Å². The van der Waals surface area contributed by atoms with Crippen LogP contribution in [0.2, 0.25) is 0 Å². The van der Waals surface area contributed by atoms with Crippen molar-refractivity contribution < 1.29 is 13.3 Å². The van der Waals surface area contributed by atoms with Crippen molar-refractivity contribution in [3.63, 3.8) is 0 Å². The fourth-order valence-corrected chi connectivity index (χ4v) is 2.48. The van der Waals surface area contributed by atoms with Gasteiger partial charge in [0.05, 0.1) is 36.7 Å². The number of hydrogen-bond acceptors (Lipinski definition) is 3. The molecule has 21 heavy (non-hydrogen) atoms. The third kappa shape index (κ3) is 2.10. The molecule has 0 aromatic carbocycles. The van der Waals surface area contributed by atoms with Crippen LogP contribution in [0.15, 0.2) is 80.6 Å². The Bertz CT molecular complexity index is 754. The molecule has 4 aromatic heterocycles. The van der Waals surface area contributed by atoms with Crippen LogP contribution in [0.25, 0.3) is 22.9 Å². The summed E-state index contributed by atoms with van der Waals surface area (Å²) < 4.78 is 18.6. The van der Waals surface area contributed by atoms with Gasteiger partial charge in [-0.1, -0.05) is 0 Å². The molecule has 0 aliphatic carbocycles. The minimum absolute atomic E-state index is 0.617. The van der Waals surface area contributed by atoms with Crippen LogP contribution in [0.1, 0.15) is 5.76 Å². The van der Waals surface area contributed by atoms with E-state index in [4.69, 9.17) is 13.3 Å². The van der Waals surface area contributed by atoms with E-state index in [9.17, 15) is 0 Å². The highest BCUT2D eigenvalue weighted by Gasteiger charge is 2.16. The van der Waals surface area contributed by atoms with E-state index in [1.807, 2.05) is 48.5 Å². The summed E-state index contributed by atoms with van der Waals surface area (Å²) in [4.78, 5) is 0. The van der Waals surface area contributed by atoms with E-state index in [0.717, 1.165) is 28.7 Å². The van der Waals surface area contributed by atoms with Gasteiger partial charge in [0, 0.05) is 0 Å². The maximum atomic E-state index is 5.53. The Morgan fingerprint density at radius 1 is 0.667 bits per heavy atom. The molecule has 0 unspecified atom stereocenters. The summed E-state index contributed by atoms with van der Waals surface area (Å²) in [6, 6.07) is 15.5. The summed E-state index contributed by atoms with van der Waals surface area (Å²) >= 11 is 0. The Balaban J connectivity index is 1.85. The minimum Gasteiger partial charge on any atom is -0.467 e. The van der Waals surface area contributed by atoms with Crippen molar-refractivity contribution in [1.82, 2.24) is 4.57 Å². The molecule has 0 saturated heterocycles. The van der Waals surface area contributed by atoms with Crippen molar-refractivity contribution in [3.05, 3.63) is 73.1 Å². The molecule has 0 atom stereocenters. The van der Waals surface area contributed by atoms with Gasteiger partial charge in [-0.2, -0.15) is 0 Å². The lowest BCUT2D eigenvalue weighted by atomic mass is 10.3. The molecule has 104 valence electrons. The smallest absolute Gasteiger partial charge is 0.150 e. The fraction of sp³-hybridized carbons (Fsp3) is 0.0588. The van der Waals surface area contributed by atoms with Gasteiger partial charge in [-0.15, -0.1) is 0 Å². The van der Waals surface area contributed by atoms with Crippen LogP contribution in [0.5, 0.6) is 0 Å². The number of rotatable bonds is 4. The second kappa shape index (κ2) is 4.90. The van der Waals surface area contributed by atoms with E-state index < -0.39 is 0 Å². The number of aromatic nitrogens is 1. The van der Waals surface area contributed by atoms with Gasteiger partial charge in [0.2, 0.25) is 0 Å². The summed E-state index contributed by atoms with van der Waals surface area (Å²) in [6.45, 7) is 0.617. The number of nitrogens with zero attached hydrogens (tertiary/aromatic N) is 1. The number of furan rings is 3. The third-order valence-corrected chi connectivity index (χ3v) is 3.42. The Kier molecular flexibility index (Phi) is 2.78. The van der Waals surface area contributed by atoms with Crippen LogP contribution < -0.4 is 0 Å². The average Bonchev–Trinajstić information content (AvgIpc) is 3.28. The van der Waals surface area contributed by atoms with E-state index in [2.05, 4.69) is 4.57 Å². The highest BCUT2D eigenvalue weighted by Crippen LogP contribution is 2.30. The zero-order valence-corrected chi connectivity index (χ0v) is 11.2. The van der Waals surface area contributed by atoms with Crippen molar-refractivity contribution in [2.45, 2.75) is 6.54 Å². The van der Waals surface area contributed by atoms with Gasteiger partial charge in [0.1, 0.15) is 17.3 Å². The summed E-state index contributed by atoms with van der Waals surface area (Å²) in [5, 5.41) is 0. The highest BCUT2D eigenvalue weighted by molar-refractivity contribution is 5.64. The van der Waals surface area contributed by atoms with Gasteiger partial charge >= 0.3 is 0 Å². The highest BCUT2D eigenvalue weighted by atomic mass is 16.3. The van der Waals surface area contributed by atoms with Gasteiger partial charge < -0.3 is 17.8 Å². The molecule has 0 N–H and O–H groups in total. The molecule has 4 nitrogen and oxygen atoms in total. The first-order valence-electron chi connectivity index (χ1n) is 6.71. The molecular weight excluding hydrogens is 266 g/mol. The quantitative estimate of drug-likeness (QED) is 0.546. The lowest BCUT2D eigenvalue weighted by Gasteiger charge is -2.09. The Hall–Kier alpha value is -2.88. The molecular formula is C17H13NO3. The van der Waals surface area contributed by atoms with Gasteiger partial charge in [-0.25, -0.2) is 0 Å². The Morgan fingerprint density at radius 2 is 1.24 bits per heavy atom. The van der Waals surface area contributed by atoms with Crippen molar-refractivity contribution in [2.24, 2.45) is 0 Å². The van der Waals surface area contributed by atoms with Gasteiger partial charge in [0.25, 0.3) is 0 Å². The molecule has 4 rings (SSSR count). The molecule has 0 fully saturated rings. The molecule has 4 aromatic rings. The summed E-state index contributed by atoms with van der Waals surface area (Å²) in [5.74, 6) is 2.52. The van der Waals surface area contributed by atoms with Crippen LogP contribution >= 0.6 is 0 Å². The molecule has 0 bridgehead atoms. The van der Waals surface area contributed by atoms with Crippen LogP contribution in [0.3, 0.4) is 0 Å². The predicted molar refractivity (Wildman–Crippen MR) is 77.6 cm³/mol. The number of hydrogen-bond donors (Lipinski definition) is 0. The SMILES string of the molecule is c1coc(Cn2c(-c3ccco3)ccc2-c2ccco2)c1. The third-order valence-electron chi connectivity index (χ3n) is 3.42. The van der Waals surface area contributed by atoms with Crippen LogP contribution in [-0.2, 0) is 6.54 Å². The van der Waals surface area contributed by atoms with Crippen LogP contribution in [0.4, 0.5) is 0 Å². The lowest BCUT2D eigenvalue weighted by molar-refractivity contribution is 0.491. The van der Waals surface area contributed by atoms with Crippen LogP contribution in [-0.4, -0.2) is 4.57 Å². The normalized spacial score (nSPS) is 11.0. The second-order valence-corrected chi connectivity index (χ2v) is 4.72. The van der Waals surface area contributed by atoms with Gasteiger partial charge in [0.15, 0.2) is 0 Å². The van der Waals surface area contributed by atoms with E-state index in [-0.39, 0.29) is 0 Å². The summed E-state index contributed by atoms with van der Waals surface area (Å²) in [5.41, 5.74) is 1.98. The topological polar surface area (TPSA) is 44.4 Å². The van der Waals surface area contributed by atoms with Crippen molar-refractivity contribution >= 4 is 0 Å². The van der Waals surface area contributed by atoms with E-state index >= 15 is 0 Å². The summed E-state index contributed by atoms with van der Waals surface area (Å²) in [7, 11) is 0. The monoisotopic (exact) mass is 279 g/mol. The molecule has 0 spiro atoms. The predicted octanol–water partition coefficient (Wildman–Crippen LogP) is 4.65. The molecule has 0 aliphatic heterocycles. The van der Waals surface area contributed by atoms with Crippen molar-refractivity contribution in [2.75, 3.05) is 0 Å². The fourth-order valence-electron chi connectivity index (χ4n) is 2.48. The first kappa shape index (κ1) is 11.9. The Labute approximate surface area is 121 Å². The van der Waals surface area contributed by atoms with E-state index in [1.165, 1.54) is 0 Å². The summed E-state index contributed by atoms with van der Waals surface area (Å²) in [6.07, 6.45) is 5.02. The zero-order valence-electron chi connectivity index (χ0n) is 11.2. The second-order valence-electron chi connectivity index (χ2n) is 4.72.